The number of rotatable bonds is 4. The Hall–Kier alpha value is -1.32. The normalized spacial score (nSPS) is 10.6. The van der Waals surface area contributed by atoms with Crippen LogP contribution in [0.1, 0.15) is 38.7 Å². The van der Waals surface area contributed by atoms with Crippen molar-refractivity contribution in [2.24, 2.45) is 0 Å². The smallest absolute Gasteiger partial charge is 0.256 e. The topological polar surface area (TPSA) is 57.8 Å². The SMILES string of the molecule is CCCNc1nc[nH]c(=O)c1C(C)C. The maximum Gasteiger partial charge on any atom is 0.256 e. The molecule has 1 aromatic heterocycles. The van der Waals surface area contributed by atoms with Gasteiger partial charge in [0.05, 0.1) is 11.9 Å². The van der Waals surface area contributed by atoms with E-state index >= 15 is 0 Å². The van der Waals surface area contributed by atoms with Gasteiger partial charge in [-0.1, -0.05) is 20.8 Å². The summed E-state index contributed by atoms with van der Waals surface area (Å²) < 4.78 is 0. The van der Waals surface area contributed by atoms with Crippen LogP contribution in [0.15, 0.2) is 11.1 Å². The second kappa shape index (κ2) is 4.79. The largest absolute Gasteiger partial charge is 0.370 e. The third-order valence-electron chi connectivity index (χ3n) is 2.01. The summed E-state index contributed by atoms with van der Waals surface area (Å²) in [5.41, 5.74) is 0.689. The number of aromatic amines is 1. The second-order valence-electron chi connectivity index (χ2n) is 3.58. The molecule has 0 spiro atoms. The molecule has 0 radical (unpaired) electrons. The summed E-state index contributed by atoms with van der Waals surface area (Å²) in [6.07, 6.45) is 2.46. The van der Waals surface area contributed by atoms with Crippen molar-refractivity contribution in [1.82, 2.24) is 9.97 Å². The van der Waals surface area contributed by atoms with Gasteiger partial charge in [0.2, 0.25) is 0 Å². The molecule has 78 valence electrons. The third kappa shape index (κ3) is 2.34. The molecule has 0 amide bonds. The van der Waals surface area contributed by atoms with Crippen LogP contribution >= 0.6 is 0 Å². The maximum atomic E-state index is 11.5. The molecule has 0 saturated carbocycles. The predicted octanol–water partition coefficient (Wildman–Crippen LogP) is 1.72. The summed E-state index contributed by atoms with van der Waals surface area (Å²) in [6, 6.07) is 0. The van der Waals surface area contributed by atoms with Crippen molar-refractivity contribution in [3.05, 3.63) is 22.2 Å². The summed E-state index contributed by atoms with van der Waals surface area (Å²) in [6.45, 7) is 6.90. The molecule has 0 fully saturated rings. The lowest BCUT2D eigenvalue weighted by Crippen LogP contribution is -2.18. The fourth-order valence-electron chi connectivity index (χ4n) is 1.33. The van der Waals surface area contributed by atoms with Crippen LogP contribution in [0.3, 0.4) is 0 Å². The zero-order chi connectivity index (χ0) is 10.6. The third-order valence-corrected chi connectivity index (χ3v) is 2.01. The van der Waals surface area contributed by atoms with Crippen LogP contribution in [0.25, 0.3) is 0 Å². The molecule has 0 saturated heterocycles. The van der Waals surface area contributed by atoms with E-state index in [2.05, 4.69) is 22.2 Å². The fraction of sp³-hybridized carbons (Fsp3) is 0.600. The molecule has 14 heavy (non-hydrogen) atoms. The van der Waals surface area contributed by atoms with E-state index in [1.165, 1.54) is 6.33 Å². The minimum absolute atomic E-state index is 0.0476. The van der Waals surface area contributed by atoms with Gasteiger partial charge in [0, 0.05) is 6.54 Å². The van der Waals surface area contributed by atoms with Crippen molar-refractivity contribution in [2.45, 2.75) is 33.1 Å². The highest BCUT2D eigenvalue weighted by molar-refractivity contribution is 5.43. The Kier molecular flexibility index (Phi) is 3.68. The van der Waals surface area contributed by atoms with Crippen molar-refractivity contribution in [1.29, 1.82) is 0 Å². The lowest BCUT2D eigenvalue weighted by atomic mass is 10.1. The van der Waals surface area contributed by atoms with Gasteiger partial charge >= 0.3 is 0 Å². The molecule has 0 atom stereocenters. The van der Waals surface area contributed by atoms with Gasteiger partial charge in [-0.3, -0.25) is 4.79 Å². The van der Waals surface area contributed by atoms with Crippen molar-refractivity contribution < 1.29 is 0 Å². The van der Waals surface area contributed by atoms with E-state index in [0.29, 0.717) is 5.82 Å². The highest BCUT2D eigenvalue weighted by atomic mass is 16.1. The molecule has 0 unspecified atom stereocenters. The summed E-state index contributed by atoms with van der Waals surface area (Å²) in [5, 5.41) is 3.15. The fourth-order valence-corrected chi connectivity index (χ4v) is 1.33. The number of nitrogens with zero attached hydrogens (tertiary/aromatic N) is 1. The first-order valence-electron chi connectivity index (χ1n) is 4.98. The minimum atomic E-state index is -0.0476. The van der Waals surface area contributed by atoms with Crippen LogP contribution in [-0.4, -0.2) is 16.5 Å². The molecule has 0 bridgehead atoms. The first-order chi connectivity index (χ1) is 6.66. The average Bonchev–Trinajstić information content (AvgIpc) is 2.14. The molecule has 1 rings (SSSR count). The Labute approximate surface area is 83.8 Å². The molecule has 0 aromatic carbocycles. The minimum Gasteiger partial charge on any atom is -0.370 e. The van der Waals surface area contributed by atoms with E-state index in [1.807, 2.05) is 13.8 Å². The molecule has 1 aromatic rings. The van der Waals surface area contributed by atoms with Crippen molar-refractivity contribution in [2.75, 3.05) is 11.9 Å². The Morgan fingerprint density at radius 2 is 2.29 bits per heavy atom. The van der Waals surface area contributed by atoms with Crippen LogP contribution in [0.5, 0.6) is 0 Å². The second-order valence-corrected chi connectivity index (χ2v) is 3.58. The summed E-state index contributed by atoms with van der Waals surface area (Å²) in [4.78, 5) is 18.2. The molecule has 2 N–H and O–H groups in total. The standard InChI is InChI=1S/C10H17N3O/c1-4-5-11-9-8(7(2)3)10(14)13-6-12-9/h6-7H,4-5H2,1-3H3,(H2,11,12,13,14). The Balaban J connectivity index is 3.02. The Morgan fingerprint density at radius 3 is 2.86 bits per heavy atom. The van der Waals surface area contributed by atoms with Crippen LogP contribution in [-0.2, 0) is 0 Å². The molecular formula is C10H17N3O. The molecule has 0 aliphatic heterocycles. The van der Waals surface area contributed by atoms with Gasteiger partial charge in [-0.15, -0.1) is 0 Å². The van der Waals surface area contributed by atoms with Crippen molar-refractivity contribution >= 4 is 5.82 Å². The first-order valence-corrected chi connectivity index (χ1v) is 4.98. The lowest BCUT2D eigenvalue weighted by Gasteiger charge is -2.10. The van der Waals surface area contributed by atoms with Gasteiger partial charge in [-0.2, -0.15) is 0 Å². The maximum absolute atomic E-state index is 11.5. The quantitative estimate of drug-likeness (QED) is 0.769. The van der Waals surface area contributed by atoms with Crippen LogP contribution in [0.4, 0.5) is 5.82 Å². The summed E-state index contributed by atoms with van der Waals surface area (Å²) >= 11 is 0. The number of aromatic nitrogens is 2. The lowest BCUT2D eigenvalue weighted by molar-refractivity contribution is 0.825. The molecule has 4 nitrogen and oxygen atoms in total. The Bertz CT molecular complexity index is 343. The van der Waals surface area contributed by atoms with Crippen LogP contribution in [0.2, 0.25) is 0 Å². The number of nitrogens with one attached hydrogen (secondary N) is 2. The van der Waals surface area contributed by atoms with Gasteiger partial charge < -0.3 is 10.3 Å². The van der Waals surface area contributed by atoms with Gasteiger partial charge in [0.15, 0.2) is 0 Å². The van der Waals surface area contributed by atoms with Crippen LogP contribution < -0.4 is 10.9 Å². The average molecular weight is 195 g/mol. The molecular weight excluding hydrogens is 178 g/mol. The molecule has 0 aliphatic rings. The summed E-state index contributed by atoms with van der Waals surface area (Å²) in [7, 11) is 0. The number of H-pyrrole nitrogens is 1. The monoisotopic (exact) mass is 195 g/mol. The zero-order valence-corrected chi connectivity index (χ0v) is 8.92. The summed E-state index contributed by atoms with van der Waals surface area (Å²) in [5.74, 6) is 0.900. The number of hydrogen-bond acceptors (Lipinski definition) is 3. The van der Waals surface area contributed by atoms with E-state index < -0.39 is 0 Å². The zero-order valence-electron chi connectivity index (χ0n) is 8.92. The van der Waals surface area contributed by atoms with E-state index in [4.69, 9.17) is 0 Å². The van der Waals surface area contributed by atoms with Crippen molar-refractivity contribution in [3.8, 4) is 0 Å². The van der Waals surface area contributed by atoms with E-state index in [-0.39, 0.29) is 11.5 Å². The number of hydrogen-bond donors (Lipinski definition) is 2. The van der Waals surface area contributed by atoms with E-state index in [0.717, 1.165) is 18.5 Å². The van der Waals surface area contributed by atoms with Gasteiger partial charge in [-0.25, -0.2) is 4.98 Å². The van der Waals surface area contributed by atoms with Gasteiger partial charge in [-0.05, 0) is 12.3 Å². The van der Waals surface area contributed by atoms with Gasteiger partial charge in [0.1, 0.15) is 5.82 Å². The van der Waals surface area contributed by atoms with Crippen LogP contribution in [0, 0.1) is 0 Å². The van der Waals surface area contributed by atoms with Crippen molar-refractivity contribution in [3.63, 3.8) is 0 Å². The van der Waals surface area contributed by atoms with Gasteiger partial charge in [0.25, 0.3) is 5.56 Å². The van der Waals surface area contributed by atoms with E-state index in [9.17, 15) is 4.79 Å². The Morgan fingerprint density at radius 1 is 1.57 bits per heavy atom. The predicted molar refractivity (Wildman–Crippen MR) is 57.7 cm³/mol. The highest BCUT2D eigenvalue weighted by Gasteiger charge is 2.11. The highest BCUT2D eigenvalue weighted by Crippen LogP contribution is 2.16. The first kappa shape index (κ1) is 10.8. The van der Waals surface area contributed by atoms with E-state index in [1.54, 1.807) is 0 Å². The molecule has 4 heteroatoms. The molecule has 1 heterocycles. The molecule has 0 aliphatic carbocycles. The number of anilines is 1.